The number of benzene rings is 2. The zero-order valence-electron chi connectivity index (χ0n) is 22.1. The molecule has 1 atom stereocenters. The van der Waals surface area contributed by atoms with Crippen molar-refractivity contribution in [1.29, 1.82) is 0 Å². The summed E-state index contributed by atoms with van der Waals surface area (Å²) in [6.45, 7) is 7.90. The van der Waals surface area contributed by atoms with Gasteiger partial charge in [0.1, 0.15) is 17.5 Å². The van der Waals surface area contributed by atoms with Crippen molar-refractivity contribution in [1.82, 2.24) is 4.57 Å². The van der Waals surface area contributed by atoms with Crippen LogP contribution in [0.3, 0.4) is 0 Å². The van der Waals surface area contributed by atoms with E-state index in [2.05, 4.69) is 0 Å². The van der Waals surface area contributed by atoms with Crippen molar-refractivity contribution >= 4 is 35.0 Å². The van der Waals surface area contributed by atoms with Crippen molar-refractivity contribution in [3.8, 4) is 11.5 Å². The predicted octanol–water partition coefficient (Wildman–Crippen LogP) is 5.03. The number of carbonyl (C=O) groups excluding carboxylic acids is 1. The molecule has 9 heteroatoms. The van der Waals surface area contributed by atoms with Crippen LogP contribution in [-0.2, 0) is 9.53 Å². The third-order valence-electron chi connectivity index (χ3n) is 5.93. The molecule has 38 heavy (non-hydrogen) atoms. The topological polar surface area (TPSA) is 79.1 Å². The van der Waals surface area contributed by atoms with E-state index >= 15 is 0 Å². The molecule has 0 bridgehead atoms. The van der Waals surface area contributed by atoms with Crippen molar-refractivity contribution in [2.24, 2.45) is 4.99 Å². The smallest absolute Gasteiger partial charge is 0.338 e. The molecule has 2 heterocycles. The first-order valence-electron chi connectivity index (χ1n) is 12.6. The summed E-state index contributed by atoms with van der Waals surface area (Å²) in [4.78, 5) is 32.5. The summed E-state index contributed by atoms with van der Waals surface area (Å²) in [6.07, 6.45) is 3.21. The molecule has 2 aromatic carbocycles. The summed E-state index contributed by atoms with van der Waals surface area (Å²) < 4.78 is 18.9. The Labute approximate surface area is 230 Å². The molecule has 1 aliphatic heterocycles. The quantitative estimate of drug-likeness (QED) is 0.347. The van der Waals surface area contributed by atoms with Crippen molar-refractivity contribution in [2.45, 2.75) is 52.7 Å². The fourth-order valence-electron chi connectivity index (χ4n) is 4.40. The van der Waals surface area contributed by atoms with E-state index in [0.29, 0.717) is 43.4 Å². The van der Waals surface area contributed by atoms with Gasteiger partial charge in [-0.25, -0.2) is 9.79 Å². The van der Waals surface area contributed by atoms with E-state index in [0.717, 1.165) is 17.7 Å². The van der Waals surface area contributed by atoms with Gasteiger partial charge in [0.25, 0.3) is 5.56 Å². The SMILES string of the molecule is CCCC1=C(C(=O)OCC)[C@H](c2cc(Cl)ccc2OC)n2c(s/c(=C/c3ccc(OC(C)C)cc3)c2=O)=N1. The number of carbonyl (C=O) groups is 1. The Bertz CT molecular complexity index is 1540. The highest BCUT2D eigenvalue weighted by atomic mass is 35.5. The minimum Gasteiger partial charge on any atom is -0.496 e. The largest absolute Gasteiger partial charge is 0.496 e. The lowest BCUT2D eigenvalue weighted by molar-refractivity contribution is -0.139. The third kappa shape index (κ3) is 5.71. The number of allylic oxidation sites excluding steroid dienone is 1. The van der Waals surface area contributed by atoms with E-state index in [1.807, 2.05) is 51.1 Å². The number of thiazole rings is 1. The zero-order valence-corrected chi connectivity index (χ0v) is 23.7. The first-order valence-corrected chi connectivity index (χ1v) is 13.8. The summed E-state index contributed by atoms with van der Waals surface area (Å²) in [5.74, 6) is 0.756. The minimum absolute atomic E-state index is 0.0685. The second-order valence-corrected chi connectivity index (χ2v) is 10.5. The van der Waals surface area contributed by atoms with E-state index < -0.39 is 12.0 Å². The van der Waals surface area contributed by atoms with E-state index in [4.69, 9.17) is 30.8 Å². The summed E-state index contributed by atoms with van der Waals surface area (Å²) in [6, 6.07) is 11.9. The maximum atomic E-state index is 13.9. The molecule has 0 amide bonds. The van der Waals surface area contributed by atoms with E-state index in [1.165, 1.54) is 11.3 Å². The fraction of sp³-hybridized carbons (Fsp3) is 0.345. The van der Waals surface area contributed by atoms with Crippen molar-refractivity contribution in [2.75, 3.05) is 13.7 Å². The number of aromatic nitrogens is 1. The van der Waals surface area contributed by atoms with Crippen molar-refractivity contribution in [3.63, 3.8) is 0 Å². The Kier molecular flexibility index (Phi) is 8.74. The standard InChI is InChI=1S/C29H31ClN2O5S/c1-6-8-22-25(28(34)36-7-2)26(21-16-19(30)11-14-23(21)35-5)32-27(33)24(38-29(32)31-22)15-18-9-12-20(13-10-18)37-17(3)4/h9-17,26H,6-8H2,1-5H3/b24-15+/t26-/m0/s1. The van der Waals surface area contributed by atoms with Gasteiger partial charge in [0, 0.05) is 10.6 Å². The van der Waals surface area contributed by atoms with Gasteiger partial charge in [-0.15, -0.1) is 0 Å². The Balaban J connectivity index is 1.96. The first-order chi connectivity index (χ1) is 18.3. The lowest BCUT2D eigenvalue weighted by Crippen LogP contribution is -2.40. The number of fused-ring (bicyclic) bond motifs is 1. The first kappa shape index (κ1) is 27.7. The Morgan fingerprint density at radius 2 is 1.92 bits per heavy atom. The van der Waals surface area contributed by atoms with Crippen LogP contribution in [-0.4, -0.2) is 30.4 Å². The number of ether oxygens (including phenoxy) is 3. The summed E-state index contributed by atoms with van der Waals surface area (Å²) in [5, 5.41) is 0.462. The van der Waals surface area contributed by atoms with E-state index in [9.17, 15) is 9.59 Å². The third-order valence-corrected chi connectivity index (χ3v) is 7.15. The van der Waals surface area contributed by atoms with Crippen LogP contribution in [0, 0.1) is 0 Å². The van der Waals surface area contributed by atoms with Crippen LogP contribution in [0.5, 0.6) is 11.5 Å². The molecular formula is C29H31ClN2O5S. The fourth-order valence-corrected chi connectivity index (χ4v) is 5.60. The lowest BCUT2D eigenvalue weighted by atomic mass is 9.93. The number of rotatable bonds is 9. The highest BCUT2D eigenvalue weighted by molar-refractivity contribution is 7.07. The molecule has 0 saturated heterocycles. The monoisotopic (exact) mass is 554 g/mol. The number of hydrogen-bond acceptors (Lipinski definition) is 7. The Hall–Kier alpha value is -3.36. The van der Waals surface area contributed by atoms with Gasteiger partial charge in [0.15, 0.2) is 4.80 Å². The molecule has 0 radical (unpaired) electrons. The zero-order chi connectivity index (χ0) is 27.4. The minimum atomic E-state index is -0.801. The van der Waals surface area contributed by atoms with Gasteiger partial charge in [-0.3, -0.25) is 9.36 Å². The predicted molar refractivity (Wildman–Crippen MR) is 150 cm³/mol. The van der Waals surface area contributed by atoms with Crippen LogP contribution in [0.25, 0.3) is 6.08 Å². The van der Waals surface area contributed by atoms with Gasteiger partial charge in [0.2, 0.25) is 0 Å². The van der Waals surface area contributed by atoms with Crippen LogP contribution >= 0.6 is 22.9 Å². The van der Waals surface area contributed by atoms with Gasteiger partial charge in [-0.2, -0.15) is 0 Å². The number of halogens is 1. The Morgan fingerprint density at radius 3 is 2.55 bits per heavy atom. The second-order valence-electron chi connectivity index (χ2n) is 9.04. The molecule has 1 aliphatic rings. The average molecular weight is 555 g/mol. The van der Waals surface area contributed by atoms with Crippen LogP contribution in [0.4, 0.5) is 0 Å². The van der Waals surface area contributed by atoms with Crippen molar-refractivity contribution < 1.29 is 19.0 Å². The Morgan fingerprint density at radius 1 is 1.18 bits per heavy atom. The van der Waals surface area contributed by atoms with Crippen LogP contribution in [0.2, 0.25) is 5.02 Å². The van der Waals surface area contributed by atoms with Crippen LogP contribution in [0.1, 0.15) is 57.7 Å². The average Bonchev–Trinajstić information content (AvgIpc) is 3.18. The summed E-state index contributed by atoms with van der Waals surface area (Å²) >= 11 is 7.67. The maximum absolute atomic E-state index is 13.9. The van der Waals surface area contributed by atoms with E-state index in [-0.39, 0.29) is 18.3 Å². The summed E-state index contributed by atoms with van der Waals surface area (Å²) in [5.41, 5.74) is 2.10. The van der Waals surface area contributed by atoms with E-state index in [1.54, 1.807) is 36.8 Å². The molecule has 7 nitrogen and oxygen atoms in total. The molecule has 1 aromatic heterocycles. The number of hydrogen-bond donors (Lipinski definition) is 0. The molecule has 4 rings (SSSR count). The van der Waals surface area contributed by atoms with Gasteiger partial charge in [-0.05, 0) is 69.2 Å². The molecule has 0 spiro atoms. The number of nitrogens with zero attached hydrogens (tertiary/aromatic N) is 2. The van der Waals surface area contributed by atoms with Crippen LogP contribution < -0.4 is 24.4 Å². The molecule has 0 N–H and O–H groups in total. The maximum Gasteiger partial charge on any atom is 0.338 e. The molecule has 3 aromatic rings. The highest BCUT2D eigenvalue weighted by Crippen LogP contribution is 2.38. The van der Waals surface area contributed by atoms with Crippen LogP contribution in [0.15, 0.2) is 63.5 Å². The highest BCUT2D eigenvalue weighted by Gasteiger charge is 2.36. The second kappa shape index (κ2) is 12.0. The normalized spacial score (nSPS) is 15.3. The molecule has 0 fully saturated rings. The van der Waals surface area contributed by atoms with Gasteiger partial charge >= 0.3 is 5.97 Å². The van der Waals surface area contributed by atoms with Crippen molar-refractivity contribution in [3.05, 3.63) is 89.6 Å². The lowest BCUT2D eigenvalue weighted by Gasteiger charge is -2.27. The molecule has 0 saturated carbocycles. The van der Waals surface area contributed by atoms with Gasteiger partial charge in [0.05, 0.1) is 35.6 Å². The van der Waals surface area contributed by atoms with Gasteiger partial charge in [-0.1, -0.05) is 48.4 Å². The molecule has 0 aliphatic carbocycles. The molecule has 0 unspecified atom stereocenters. The number of esters is 1. The van der Waals surface area contributed by atoms with Gasteiger partial charge < -0.3 is 14.2 Å². The molecule has 200 valence electrons. The summed E-state index contributed by atoms with van der Waals surface area (Å²) in [7, 11) is 1.55. The molecular weight excluding hydrogens is 524 g/mol. The number of methoxy groups -OCH3 is 1.